The number of carbonyl (C=O) groups is 1. The normalized spacial score (nSPS) is 35.8. The Labute approximate surface area is 132 Å². The summed E-state index contributed by atoms with van der Waals surface area (Å²) in [4.78, 5) is 12.4. The third-order valence-corrected chi connectivity index (χ3v) is 6.48. The fraction of sp³-hybridized carbons (Fsp3) is 0.950. The van der Waals surface area contributed by atoms with E-state index < -0.39 is 0 Å². The molecule has 2 unspecified atom stereocenters. The summed E-state index contributed by atoms with van der Waals surface area (Å²) in [6.07, 6.45) is 8.36. The zero-order chi connectivity index (χ0) is 15.8. The van der Waals surface area contributed by atoms with E-state index in [-0.39, 0.29) is 0 Å². The molecule has 0 aromatic carbocycles. The van der Waals surface area contributed by atoms with Crippen LogP contribution in [0.25, 0.3) is 0 Å². The Hall–Kier alpha value is -0.330. The lowest BCUT2D eigenvalue weighted by molar-refractivity contribution is -0.129. The van der Waals surface area contributed by atoms with Crippen LogP contribution >= 0.6 is 0 Å². The van der Waals surface area contributed by atoms with Crippen LogP contribution in [0.15, 0.2) is 0 Å². The van der Waals surface area contributed by atoms with Crippen molar-refractivity contribution in [2.75, 3.05) is 0 Å². The second kappa shape index (κ2) is 6.05. The Kier molecular flexibility index (Phi) is 4.90. The van der Waals surface area contributed by atoms with E-state index in [1.165, 1.54) is 25.7 Å². The van der Waals surface area contributed by atoms with Gasteiger partial charge in [0.15, 0.2) is 0 Å². The van der Waals surface area contributed by atoms with Gasteiger partial charge >= 0.3 is 0 Å². The molecule has 0 amide bonds. The highest BCUT2D eigenvalue weighted by Gasteiger charge is 2.40. The van der Waals surface area contributed by atoms with E-state index in [0.29, 0.717) is 28.4 Å². The molecule has 2 fully saturated rings. The first-order chi connectivity index (χ1) is 9.59. The Morgan fingerprint density at radius 2 is 1.29 bits per heavy atom. The predicted molar refractivity (Wildman–Crippen MR) is 90.2 cm³/mol. The molecule has 1 heteroatoms. The lowest BCUT2D eigenvalue weighted by Crippen LogP contribution is -2.38. The summed E-state index contributed by atoms with van der Waals surface area (Å²) in [7, 11) is 0. The fourth-order valence-electron chi connectivity index (χ4n) is 4.69. The molecular formula is C20H36O. The monoisotopic (exact) mass is 292 g/mol. The van der Waals surface area contributed by atoms with E-state index in [2.05, 4.69) is 41.5 Å². The average Bonchev–Trinajstić information content (AvgIpc) is 2.37. The standard InChI is InChI=1S/C20H36O/c1-19(2,3)15-9-7-14(8-10-15)17-13-16(20(4,5)6)11-12-18(17)21/h14-17H,7-13H2,1-6H3. The quantitative estimate of drug-likeness (QED) is 0.590. The molecule has 0 bridgehead atoms. The first-order valence-corrected chi connectivity index (χ1v) is 9.11. The molecule has 2 rings (SSSR count). The van der Waals surface area contributed by atoms with Gasteiger partial charge in [-0.1, -0.05) is 41.5 Å². The van der Waals surface area contributed by atoms with Gasteiger partial charge in [-0.25, -0.2) is 0 Å². The third-order valence-electron chi connectivity index (χ3n) is 6.48. The van der Waals surface area contributed by atoms with Crippen molar-refractivity contribution >= 4 is 5.78 Å². The Balaban J connectivity index is 1.97. The molecule has 1 nitrogen and oxygen atoms in total. The summed E-state index contributed by atoms with van der Waals surface area (Å²) >= 11 is 0. The molecule has 2 saturated carbocycles. The Morgan fingerprint density at radius 1 is 0.762 bits per heavy atom. The molecule has 2 atom stereocenters. The fourth-order valence-corrected chi connectivity index (χ4v) is 4.69. The highest BCUT2D eigenvalue weighted by atomic mass is 16.1. The highest BCUT2D eigenvalue weighted by Crippen LogP contribution is 2.47. The van der Waals surface area contributed by atoms with E-state index >= 15 is 0 Å². The third kappa shape index (κ3) is 4.11. The van der Waals surface area contributed by atoms with Gasteiger partial charge in [0, 0.05) is 12.3 Å². The van der Waals surface area contributed by atoms with Gasteiger partial charge in [-0.15, -0.1) is 0 Å². The molecule has 0 spiro atoms. The molecule has 0 aromatic heterocycles. The van der Waals surface area contributed by atoms with E-state index in [1.807, 2.05) is 0 Å². The molecule has 2 aliphatic carbocycles. The molecule has 122 valence electrons. The maximum absolute atomic E-state index is 12.4. The average molecular weight is 293 g/mol. The molecule has 0 radical (unpaired) electrons. The summed E-state index contributed by atoms with van der Waals surface area (Å²) in [5.41, 5.74) is 0.803. The minimum atomic E-state index is 0.363. The van der Waals surface area contributed by atoms with Crippen LogP contribution in [0.2, 0.25) is 0 Å². The van der Waals surface area contributed by atoms with Crippen molar-refractivity contribution < 1.29 is 4.79 Å². The number of hydrogen-bond donors (Lipinski definition) is 0. The van der Waals surface area contributed by atoms with Crippen LogP contribution < -0.4 is 0 Å². The van der Waals surface area contributed by atoms with Crippen LogP contribution in [-0.2, 0) is 4.79 Å². The van der Waals surface area contributed by atoms with Crippen LogP contribution in [0.1, 0.15) is 86.5 Å². The SMILES string of the molecule is CC(C)(C)C1CCC(C2CC(C(C)(C)C)CCC2=O)CC1. The number of rotatable bonds is 1. The minimum absolute atomic E-state index is 0.363. The van der Waals surface area contributed by atoms with Gasteiger partial charge in [-0.2, -0.15) is 0 Å². The summed E-state index contributed by atoms with van der Waals surface area (Å²) in [6, 6.07) is 0. The summed E-state index contributed by atoms with van der Waals surface area (Å²) < 4.78 is 0. The number of Topliss-reactive ketones (excluding diaryl/α,β-unsaturated/α-hetero) is 1. The summed E-state index contributed by atoms with van der Waals surface area (Å²) in [5.74, 6) is 3.23. The number of ketones is 1. The minimum Gasteiger partial charge on any atom is -0.299 e. The lowest BCUT2D eigenvalue weighted by atomic mass is 9.61. The van der Waals surface area contributed by atoms with Crippen LogP contribution in [0.5, 0.6) is 0 Å². The molecule has 2 aliphatic rings. The second-order valence-corrected chi connectivity index (χ2v) is 9.89. The van der Waals surface area contributed by atoms with E-state index in [4.69, 9.17) is 0 Å². The largest absolute Gasteiger partial charge is 0.299 e. The van der Waals surface area contributed by atoms with Crippen LogP contribution in [-0.4, -0.2) is 5.78 Å². The predicted octanol–water partition coefficient (Wildman–Crippen LogP) is 5.87. The molecule has 0 aromatic rings. The van der Waals surface area contributed by atoms with Crippen molar-refractivity contribution in [3.05, 3.63) is 0 Å². The second-order valence-electron chi connectivity index (χ2n) is 9.89. The van der Waals surface area contributed by atoms with Crippen molar-refractivity contribution in [2.45, 2.75) is 86.5 Å². The zero-order valence-corrected chi connectivity index (χ0v) is 15.2. The van der Waals surface area contributed by atoms with Gasteiger partial charge in [0.2, 0.25) is 0 Å². The van der Waals surface area contributed by atoms with E-state index in [0.717, 1.165) is 31.1 Å². The summed E-state index contributed by atoms with van der Waals surface area (Å²) in [5, 5.41) is 0. The lowest BCUT2D eigenvalue weighted by Gasteiger charge is -2.43. The maximum atomic E-state index is 12.4. The molecule has 0 aliphatic heterocycles. The van der Waals surface area contributed by atoms with Gasteiger partial charge in [-0.05, 0) is 67.1 Å². The van der Waals surface area contributed by atoms with Crippen molar-refractivity contribution in [2.24, 2.45) is 34.5 Å². The molecular weight excluding hydrogens is 256 g/mol. The molecule has 21 heavy (non-hydrogen) atoms. The summed E-state index contributed by atoms with van der Waals surface area (Å²) in [6.45, 7) is 14.2. The van der Waals surface area contributed by atoms with Gasteiger partial charge in [0.25, 0.3) is 0 Å². The molecule has 0 N–H and O–H groups in total. The van der Waals surface area contributed by atoms with E-state index in [1.54, 1.807) is 0 Å². The maximum Gasteiger partial charge on any atom is 0.136 e. The zero-order valence-electron chi connectivity index (χ0n) is 15.2. The van der Waals surface area contributed by atoms with Gasteiger partial charge in [0.05, 0.1) is 0 Å². The molecule has 0 heterocycles. The van der Waals surface area contributed by atoms with Crippen molar-refractivity contribution in [1.29, 1.82) is 0 Å². The number of carbonyl (C=O) groups excluding carboxylic acids is 1. The van der Waals surface area contributed by atoms with Crippen molar-refractivity contribution in [3.63, 3.8) is 0 Å². The van der Waals surface area contributed by atoms with Crippen LogP contribution in [0.3, 0.4) is 0 Å². The van der Waals surface area contributed by atoms with Gasteiger partial charge < -0.3 is 0 Å². The smallest absolute Gasteiger partial charge is 0.136 e. The van der Waals surface area contributed by atoms with Crippen LogP contribution in [0.4, 0.5) is 0 Å². The van der Waals surface area contributed by atoms with E-state index in [9.17, 15) is 4.79 Å². The topological polar surface area (TPSA) is 17.1 Å². The van der Waals surface area contributed by atoms with Crippen molar-refractivity contribution in [1.82, 2.24) is 0 Å². The van der Waals surface area contributed by atoms with Gasteiger partial charge in [-0.3, -0.25) is 4.79 Å². The van der Waals surface area contributed by atoms with Crippen LogP contribution in [0, 0.1) is 34.5 Å². The highest BCUT2D eigenvalue weighted by molar-refractivity contribution is 5.82. The first kappa shape index (κ1) is 17.0. The Morgan fingerprint density at radius 3 is 1.76 bits per heavy atom. The molecule has 0 saturated heterocycles. The number of hydrogen-bond acceptors (Lipinski definition) is 1. The van der Waals surface area contributed by atoms with Crippen molar-refractivity contribution in [3.8, 4) is 0 Å². The first-order valence-electron chi connectivity index (χ1n) is 9.11. The van der Waals surface area contributed by atoms with Gasteiger partial charge in [0.1, 0.15) is 5.78 Å². The Bertz CT molecular complexity index is 360.